The Kier molecular flexibility index (Phi) is 4.61. The van der Waals surface area contributed by atoms with Gasteiger partial charge in [0.15, 0.2) is 0 Å². The van der Waals surface area contributed by atoms with Crippen LogP contribution < -0.4 is 4.74 Å². The van der Waals surface area contributed by atoms with Crippen LogP contribution in [-0.2, 0) is 4.79 Å². The van der Waals surface area contributed by atoms with Crippen molar-refractivity contribution in [2.45, 2.75) is 18.7 Å². The highest BCUT2D eigenvalue weighted by molar-refractivity contribution is 14.1. The summed E-state index contributed by atoms with van der Waals surface area (Å²) in [6.45, 7) is 0. The van der Waals surface area contributed by atoms with Crippen LogP contribution in [-0.4, -0.2) is 23.4 Å². The van der Waals surface area contributed by atoms with Crippen molar-refractivity contribution < 1.29 is 27.8 Å². The van der Waals surface area contributed by atoms with Crippen LogP contribution in [0.15, 0.2) is 24.3 Å². The summed E-state index contributed by atoms with van der Waals surface area (Å²) >= 11 is 1.99. The van der Waals surface area contributed by atoms with E-state index in [0.717, 1.165) is 3.57 Å². The molecule has 0 fully saturated rings. The smallest absolute Gasteiger partial charge is 0.425 e. The molecule has 94 valence electrons. The maximum Gasteiger partial charge on any atom is 0.425 e. The Morgan fingerprint density at radius 3 is 2.29 bits per heavy atom. The summed E-state index contributed by atoms with van der Waals surface area (Å²) in [4.78, 5) is 10.3. The maximum atomic E-state index is 12.5. The van der Waals surface area contributed by atoms with Gasteiger partial charge in [-0.2, -0.15) is 13.2 Å². The van der Waals surface area contributed by atoms with E-state index in [-0.39, 0.29) is 5.75 Å². The normalized spacial score (nSPS) is 13.2. The molecule has 0 aliphatic heterocycles. The zero-order chi connectivity index (χ0) is 13.1. The molecule has 1 aromatic carbocycles. The molecule has 1 rings (SSSR count). The quantitative estimate of drug-likeness (QED) is 0.840. The summed E-state index contributed by atoms with van der Waals surface area (Å²) in [7, 11) is 0. The van der Waals surface area contributed by atoms with Crippen molar-refractivity contribution >= 4 is 28.6 Å². The van der Waals surface area contributed by atoms with Crippen LogP contribution in [0, 0.1) is 3.57 Å². The van der Waals surface area contributed by atoms with E-state index < -0.39 is 24.7 Å². The second-order valence-corrected chi connectivity index (χ2v) is 4.45. The Morgan fingerprint density at radius 1 is 1.35 bits per heavy atom. The fraction of sp³-hybridized carbons (Fsp3) is 0.300. The number of alkyl halides is 3. The monoisotopic (exact) mass is 360 g/mol. The highest BCUT2D eigenvalue weighted by atomic mass is 127. The second-order valence-electron chi connectivity index (χ2n) is 3.20. The van der Waals surface area contributed by atoms with Crippen molar-refractivity contribution in [1.29, 1.82) is 0 Å². The minimum Gasteiger partial charge on any atom is -0.481 e. The van der Waals surface area contributed by atoms with E-state index in [2.05, 4.69) is 4.74 Å². The van der Waals surface area contributed by atoms with Crippen LogP contribution in [0.5, 0.6) is 5.75 Å². The van der Waals surface area contributed by atoms with E-state index in [1.807, 2.05) is 22.6 Å². The van der Waals surface area contributed by atoms with Gasteiger partial charge >= 0.3 is 12.1 Å². The van der Waals surface area contributed by atoms with Gasteiger partial charge in [-0.15, -0.1) is 0 Å². The predicted octanol–water partition coefficient (Wildman–Crippen LogP) is 3.08. The number of carboxylic acid groups (broad SMARTS) is 1. The molecule has 0 radical (unpaired) electrons. The molecule has 7 heteroatoms. The Hall–Kier alpha value is -0.990. The maximum absolute atomic E-state index is 12.5. The molecule has 1 atom stereocenters. The SMILES string of the molecule is O=C(O)CC(Oc1ccc(I)cc1)C(F)(F)F. The Bertz CT molecular complexity index is 389. The first-order valence-corrected chi connectivity index (χ1v) is 5.57. The molecule has 0 bridgehead atoms. The van der Waals surface area contributed by atoms with Gasteiger partial charge in [-0.1, -0.05) is 0 Å². The molecule has 3 nitrogen and oxygen atoms in total. The molecule has 0 heterocycles. The number of ether oxygens (including phenoxy) is 1. The Labute approximate surface area is 109 Å². The van der Waals surface area contributed by atoms with Gasteiger partial charge in [-0.3, -0.25) is 4.79 Å². The number of carbonyl (C=O) groups is 1. The topological polar surface area (TPSA) is 46.5 Å². The molecule has 0 aliphatic rings. The number of aliphatic carboxylic acids is 1. The van der Waals surface area contributed by atoms with Gasteiger partial charge in [0.25, 0.3) is 0 Å². The highest BCUT2D eigenvalue weighted by Crippen LogP contribution is 2.27. The van der Waals surface area contributed by atoms with Crippen LogP contribution >= 0.6 is 22.6 Å². The molecule has 1 N–H and O–H groups in total. The van der Waals surface area contributed by atoms with Crippen molar-refractivity contribution in [3.8, 4) is 5.75 Å². The zero-order valence-electron chi connectivity index (χ0n) is 8.37. The summed E-state index contributed by atoms with van der Waals surface area (Å²) in [6, 6.07) is 5.87. The van der Waals surface area contributed by atoms with Crippen molar-refractivity contribution in [3.05, 3.63) is 27.8 Å². The van der Waals surface area contributed by atoms with Crippen LogP contribution in [0.3, 0.4) is 0 Å². The van der Waals surface area contributed by atoms with Gasteiger partial charge in [0.2, 0.25) is 6.10 Å². The summed E-state index contributed by atoms with van der Waals surface area (Å²) in [5.41, 5.74) is 0. The average molecular weight is 360 g/mol. The first-order chi connectivity index (χ1) is 7.79. The van der Waals surface area contributed by atoms with Crippen LogP contribution in [0.4, 0.5) is 13.2 Å². The molecule has 0 aromatic heterocycles. The zero-order valence-corrected chi connectivity index (χ0v) is 10.5. The van der Waals surface area contributed by atoms with E-state index in [0.29, 0.717) is 0 Å². The molecule has 1 aromatic rings. The number of benzene rings is 1. The van der Waals surface area contributed by atoms with Gasteiger partial charge in [0.05, 0.1) is 6.42 Å². The lowest BCUT2D eigenvalue weighted by molar-refractivity contribution is -0.200. The first kappa shape index (κ1) is 14.1. The molecule has 0 spiro atoms. The van der Waals surface area contributed by atoms with Crippen molar-refractivity contribution in [2.75, 3.05) is 0 Å². The van der Waals surface area contributed by atoms with E-state index in [4.69, 9.17) is 5.11 Å². The molecule has 0 saturated carbocycles. The molecule has 0 amide bonds. The highest BCUT2D eigenvalue weighted by Gasteiger charge is 2.43. The van der Waals surface area contributed by atoms with Crippen molar-refractivity contribution in [3.63, 3.8) is 0 Å². The van der Waals surface area contributed by atoms with Crippen LogP contribution in [0.25, 0.3) is 0 Å². The second kappa shape index (κ2) is 5.56. The molecule has 17 heavy (non-hydrogen) atoms. The number of hydrogen-bond donors (Lipinski definition) is 1. The van der Waals surface area contributed by atoms with Gasteiger partial charge in [0.1, 0.15) is 5.75 Å². The summed E-state index contributed by atoms with van der Waals surface area (Å²) in [6.07, 6.45) is -8.16. The fourth-order valence-corrected chi connectivity index (χ4v) is 1.42. The predicted molar refractivity (Wildman–Crippen MR) is 61.9 cm³/mol. The largest absolute Gasteiger partial charge is 0.481 e. The minimum absolute atomic E-state index is 0.00556. The van der Waals surface area contributed by atoms with Gasteiger partial charge in [-0.25, -0.2) is 0 Å². The number of halogens is 4. The standard InChI is InChI=1S/C10H8F3IO3/c11-10(12,13)8(5-9(15)16)17-7-3-1-6(14)2-4-7/h1-4,8H,5H2,(H,15,16). The molecule has 0 saturated heterocycles. The van der Waals surface area contributed by atoms with E-state index in [9.17, 15) is 18.0 Å². The molecular formula is C10H8F3IO3. The lowest BCUT2D eigenvalue weighted by atomic mass is 10.2. The van der Waals surface area contributed by atoms with E-state index in [1.165, 1.54) is 12.1 Å². The third-order valence-corrected chi connectivity index (χ3v) is 2.54. The number of carboxylic acids is 1. The van der Waals surface area contributed by atoms with Gasteiger partial charge < -0.3 is 9.84 Å². The van der Waals surface area contributed by atoms with Crippen LogP contribution in [0.2, 0.25) is 0 Å². The third-order valence-electron chi connectivity index (χ3n) is 1.82. The summed E-state index contributed by atoms with van der Waals surface area (Å²) in [5, 5.41) is 8.39. The molecule has 0 aliphatic carbocycles. The van der Waals surface area contributed by atoms with Gasteiger partial charge in [-0.05, 0) is 46.9 Å². The molecular weight excluding hydrogens is 352 g/mol. The lowest BCUT2D eigenvalue weighted by Gasteiger charge is -2.20. The Morgan fingerprint density at radius 2 is 1.88 bits per heavy atom. The van der Waals surface area contributed by atoms with Crippen LogP contribution in [0.1, 0.15) is 6.42 Å². The summed E-state index contributed by atoms with van der Waals surface area (Å²) in [5.74, 6) is -1.56. The number of hydrogen-bond acceptors (Lipinski definition) is 2. The van der Waals surface area contributed by atoms with E-state index >= 15 is 0 Å². The Balaban J connectivity index is 2.79. The lowest BCUT2D eigenvalue weighted by Crippen LogP contribution is -2.36. The van der Waals surface area contributed by atoms with Crippen molar-refractivity contribution in [1.82, 2.24) is 0 Å². The summed E-state index contributed by atoms with van der Waals surface area (Å²) < 4.78 is 42.8. The first-order valence-electron chi connectivity index (χ1n) is 4.50. The number of rotatable bonds is 4. The van der Waals surface area contributed by atoms with E-state index in [1.54, 1.807) is 12.1 Å². The fourth-order valence-electron chi connectivity index (χ4n) is 1.06. The van der Waals surface area contributed by atoms with Gasteiger partial charge in [0, 0.05) is 3.57 Å². The van der Waals surface area contributed by atoms with Crippen molar-refractivity contribution in [2.24, 2.45) is 0 Å². The average Bonchev–Trinajstić information content (AvgIpc) is 2.18. The molecule has 1 unspecified atom stereocenters. The minimum atomic E-state index is -4.71. The third kappa shape index (κ3) is 4.80.